The Morgan fingerprint density at radius 2 is 1.97 bits per heavy atom. The normalized spacial score (nSPS) is 17.7. The van der Waals surface area contributed by atoms with Crippen molar-refractivity contribution in [1.29, 1.82) is 0 Å². The number of halogens is 2. The van der Waals surface area contributed by atoms with Crippen molar-refractivity contribution in [2.24, 2.45) is 5.92 Å². The predicted molar refractivity (Wildman–Crippen MR) is 142 cm³/mol. The molecule has 1 unspecified atom stereocenters. The van der Waals surface area contributed by atoms with Crippen molar-refractivity contribution in [3.63, 3.8) is 0 Å². The highest BCUT2D eigenvalue weighted by atomic mass is 35.5. The zero-order chi connectivity index (χ0) is 27.1. The number of rotatable bonds is 5. The summed E-state index contributed by atoms with van der Waals surface area (Å²) in [7, 11) is 0. The van der Waals surface area contributed by atoms with Crippen molar-refractivity contribution in [3.8, 4) is 11.3 Å². The molecular formula is C29H34ClFN2O4. The number of carbonyl (C=O) groups is 2. The van der Waals surface area contributed by atoms with E-state index in [1.54, 1.807) is 19.1 Å². The number of hydrogen-bond acceptors (Lipinski definition) is 5. The number of ether oxygens (including phenoxy) is 1. The largest absolute Gasteiger partial charge is 0.466 e. The van der Waals surface area contributed by atoms with Crippen LogP contribution in [0.2, 0.25) is 5.02 Å². The molecule has 1 aliphatic heterocycles. The molecule has 8 heteroatoms. The number of piperidine rings is 1. The zero-order valence-electron chi connectivity index (χ0n) is 22.3. The van der Waals surface area contributed by atoms with E-state index < -0.39 is 11.4 Å². The van der Waals surface area contributed by atoms with Gasteiger partial charge in [-0.15, -0.1) is 0 Å². The van der Waals surface area contributed by atoms with Crippen molar-refractivity contribution in [1.82, 2.24) is 9.88 Å². The lowest BCUT2D eigenvalue weighted by Crippen LogP contribution is -2.53. The first kappa shape index (κ1) is 27.1. The molecular weight excluding hydrogens is 495 g/mol. The van der Waals surface area contributed by atoms with Crippen LogP contribution in [0.4, 0.5) is 4.39 Å². The van der Waals surface area contributed by atoms with Crippen LogP contribution >= 0.6 is 11.6 Å². The molecule has 4 rings (SSSR count). The lowest BCUT2D eigenvalue weighted by molar-refractivity contribution is -0.144. The molecule has 1 atom stereocenters. The summed E-state index contributed by atoms with van der Waals surface area (Å²) in [5.74, 6) is -0.557. The lowest BCUT2D eigenvalue weighted by Gasteiger charge is -2.45. The molecule has 37 heavy (non-hydrogen) atoms. The predicted octanol–water partition coefficient (Wildman–Crippen LogP) is 7.17. The first-order chi connectivity index (χ1) is 17.3. The quantitative estimate of drug-likeness (QED) is 0.328. The third kappa shape index (κ3) is 5.66. The van der Waals surface area contributed by atoms with Crippen LogP contribution in [0.1, 0.15) is 76.9 Å². The SMILES string of the molecule is CCOC(=O)CC1CCN(C(=O)c2cc3nc(-c4ccc(Cl)c(F)c4)cc(C(C)(C)C)c3o2)C(C)(C)C1. The van der Waals surface area contributed by atoms with Crippen LogP contribution in [0.15, 0.2) is 34.7 Å². The number of pyridine rings is 1. The minimum absolute atomic E-state index is 0.0470. The monoisotopic (exact) mass is 528 g/mol. The molecule has 198 valence electrons. The number of amides is 1. The number of likely N-dealkylation sites (tertiary alicyclic amines) is 1. The van der Waals surface area contributed by atoms with Gasteiger partial charge in [-0.1, -0.05) is 38.4 Å². The zero-order valence-corrected chi connectivity index (χ0v) is 23.0. The average Bonchev–Trinajstić information content (AvgIpc) is 3.23. The van der Waals surface area contributed by atoms with Gasteiger partial charge in [0.15, 0.2) is 11.3 Å². The van der Waals surface area contributed by atoms with E-state index in [-0.39, 0.29) is 34.0 Å². The van der Waals surface area contributed by atoms with Gasteiger partial charge in [0.1, 0.15) is 11.3 Å². The number of aromatic nitrogens is 1. The molecule has 1 aromatic carbocycles. The molecule has 1 amide bonds. The Kier molecular flexibility index (Phi) is 7.39. The Balaban J connectivity index is 1.67. The Hall–Kier alpha value is -2.93. The number of fused-ring (bicyclic) bond motifs is 1. The Morgan fingerprint density at radius 1 is 1.24 bits per heavy atom. The maximum atomic E-state index is 14.2. The molecule has 1 saturated heterocycles. The molecule has 0 radical (unpaired) electrons. The van der Waals surface area contributed by atoms with Crippen molar-refractivity contribution in [3.05, 3.63) is 52.5 Å². The van der Waals surface area contributed by atoms with Crippen LogP contribution in [0.25, 0.3) is 22.4 Å². The van der Waals surface area contributed by atoms with Crippen molar-refractivity contribution in [2.45, 2.75) is 71.8 Å². The molecule has 0 spiro atoms. The van der Waals surface area contributed by atoms with E-state index in [4.69, 9.17) is 25.7 Å². The van der Waals surface area contributed by atoms with Gasteiger partial charge in [-0.25, -0.2) is 9.37 Å². The van der Waals surface area contributed by atoms with E-state index in [1.807, 2.05) is 24.8 Å². The smallest absolute Gasteiger partial charge is 0.306 e. The van der Waals surface area contributed by atoms with E-state index in [2.05, 4.69) is 20.8 Å². The van der Waals surface area contributed by atoms with E-state index in [1.165, 1.54) is 12.1 Å². The second kappa shape index (κ2) is 10.1. The molecule has 0 aliphatic carbocycles. The third-order valence-electron chi connectivity index (χ3n) is 7.00. The number of hydrogen-bond donors (Lipinski definition) is 0. The minimum atomic E-state index is -0.518. The molecule has 0 bridgehead atoms. The highest BCUT2D eigenvalue weighted by molar-refractivity contribution is 6.30. The second-order valence-electron chi connectivity index (χ2n) is 11.4. The van der Waals surface area contributed by atoms with Gasteiger partial charge in [-0.2, -0.15) is 0 Å². The molecule has 0 N–H and O–H groups in total. The molecule has 3 heterocycles. The number of furan rings is 1. The average molecular weight is 529 g/mol. The standard InChI is InChI=1S/C29H34ClFN2O4/c1-7-36-25(34)12-17-10-11-33(29(5,6)16-17)27(35)24-15-23-26(37-24)19(28(2,3)4)14-22(32-23)18-8-9-20(30)21(31)13-18/h8-9,13-15,17H,7,10-12,16H2,1-6H3. The van der Waals surface area contributed by atoms with Gasteiger partial charge < -0.3 is 14.1 Å². The summed E-state index contributed by atoms with van der Waals surface area (Å²) < 4.78 is 25.5. The molecule has 1 aliphatic rings. The van der Waals surface area contributed by atoms with Crippen LogP contribution in [0, 0.1) is 11.7 Å². The summed E-state index contributed by atoms with van der Waals surface area (Å²) in [4.78, 5) is 32.2. The number of nitrogens with zero attached hydrogens (tertiary/aromatic N) is 2. The summed E-state index contributed by atoms with van der Waals surface area (Å²) in [6, 6.07) is 8.14. The summed E-state index contributed by atoms with van der Waals surface area (Å²) in [5.41, 5.74) is 2.34. The van der Waals surface area contributed by atoms with Crippen LogP contribution in [-0.4, -0.2) is 40.5 Å². The molecule has 0 saturated carbocycles. The van der Waals surface area contributed by atoms with Crippen molar-refractivity contribution in [2.75, 3.05) is 13.2 Å². The Morgan fingerprint density at radius 3 is 2.59 bits per heavy atom. The summed E-state index contributed by atoms with van der Waals surface area (Å²) >= 11 is 5.87. The number of benzene rings is 1. The topological polar surface area (TPSA) is 72.6 Å². The Bertz CT molecular complexity index is 1340. The second-order valence-corrected chi connectivity index (χ2v) is 11.8. The number of carbonyl (C=O) groups excluding carboxylic acids is 2. The number of esters is 1. The van der Waals surface area contributed by atoms with Gasteiger partial charge in [0, 0.05) is 35.7 Å². The summed E-state index contributed by atoms with van der Waals surface area (Å²) in [6.07, 6.45) is 1.76. The first-order valence-electron chi connectivity index (χ1n) is 12.7. The van der Waals surface area contributed by atoms with E-state index >= 15 is 0 Å². The van der Waals surface area contributed by atoms with Gasteiger partial charge in [0.2, 0.25) is 0 Å². The van der Waals surface area contributed by atoms with Gasteiger partial charge in [0.05, 0.1) is 17.3 Å². The minimum Gasteiger partial charge on any atom is -0.466 e. The fourth-order valence-electron chi connectivity index (χ4n) is 5.16. The van der Waals surface area contributed by atoms with Crippen molar-refractivity contribution < 1.29 is 23.1 Å². The fourth-order valence-corrected chi connectivity index (χ4v) is 5.28. The molecule has 6 nitrogen and oxygen atoms in total. The first-order valence-corrected chi connectivity index (χ1v) is 13.1. The third-order valence-corrected chi connectivity index (χ3v) is 7.31. The summed E-state index contributed by atoms with van der Waals surface area (Å²) in [6.45, 7) is 12.9. The summed E-state index contributed by atoms with van der Waals surface area (Å²) in [5, 5.41) is 0.0470. The van der Waals surface area contributed by atoms with E-state index in [0.29, 0.717) is 54.8 Å². The molecule has 3 aromatic rings. The van der Waals surface area contributed by atoms with E-state index in [0.717, 1.165) is 5.56 Å². The maximum Gasteiger partial charge on any atom is 0.306 e. The van der Waals surface area contributed by atoms with Gasteiger partial charge in [0.25, 0.3) is 5.91 Å². The van der Waals surface area contributed by atoms with Crippen LogP contribution in [0.5, 0.6) is 0 Å². The van der Waals surface area contributed by atoms with Crippen LogP contribution in [0.3, 0.4) is 0 Å². The lowest BCUT2D eigenvalue weighted by atomic mass is 9.81. The molecule has 2 aromatic heterocycles. The van der Waals surface area contributed by atoms with Crippen LogP contribution in [-0.2, 0) is 14.9 Å². The van der Waals surface area contributed by atoms with E-state index in [9.17, 15) is 14.0 Å². The van der Waals surface area contributed by atoms with Gasteiger partial charge >= 0.3 is 5.97 Å². The van der Waals surface area contributed by atoms with Gasteiger partial charge in [-0.3, -0.25) is 9.59 Å². The molecule has 1 fully saturated rings. The van der Waals surface area contributed by atoms with Crippen molar-refractivity contribution >= 4 is 34.6 Å². The Labute approximate surface area is 222 Å². The fraction of sp³-hybridized carbons (Fsp3) is 0.483. The van der Waals surface area contributed by atoms with Gasteiger partial charge in [-0.05, 0) is 63.1 Å². The highest BCUT2D eigenvalue weighted by Gasteiger charge is 2.40. The highest BCUT2D eigenvalue weighted by Crippen LogP contribution is 2.38. The maximum absolute atomic E-state index is 14.2. The van der Waals surface area contributed by atoms with Crippen LogP contribution < -0.4 is 0 Å².